The number of aromatic amines is 1. The van der Waals surface area contributed by atoms with Crippen LogP contribution in [-0.4, -0.2) is 32.7 Å². The molecule has 1 atom stereocenters. The van der Waals surface area contributed by atoms with Crippen LogP contribution in [0.4, 0.5) is 0 Å². The number of carboxylic acid groups (broad SMARTS) is 1. The summed E-state index contributed by atoms with van der Waals surface area (Å²) < 4.78 is 0. The van der Waals surface area contributed by atoms with Gasteiger partial charge in [-0.15, -0.1) is 0 Å². The van der Waals surface area contributed by atoms with Gasteiger partial charge in [0, 0.05) is 39.4 Å². The second-order valence-electron chi connectivity index (χ2n) is 8.68. The van der Waals surface area contributed by atoms with Gasteiger partial charge in [0.1, 0.15) is 0 Å². The highest BCUT2D eigenvalue weighted by atomic mass is 35.5. The first-order valence-electron chi connectivity index (χ1n) is 11.6. The standard InChI is InChI=1S/C28H21Cl2N3O4/c29-17-10-11-21-19(14-17)26(16-6-2-1-3-7-16)27(28(37)31-21)22-15-23(18-8-4-5-9-20(18)30)33(32-22)24(34)12-13-25(35)36/h1-11,14,23H,12-13,15H2,(H,31,37)(H,35,36). The average molecular weight is 534 g/mol. The summed E-state index contributed by atoms with van der Waals surface area (Å²) in [7, 11) is 0. The number of pyridine rings is 1. The Labute approximate surface area is 222 Å². The van der Waals surface area contributed by atoms with Gasteiger partial charge in [-0.1, -0.05) is 71.7 Å². The molecule has 7 nitrogen and oxygen atoms in total. The molecule has 0 fully saturated rings. The summed E-state index contributed by atoms with van der Waals surface area (Å²) in [6.07, 6.45) is -0.348. The van der Waals surface area contributed by atoms with Crippen molar-refractivity contribution in [3.63, 3.8) is 0 Å². The van der Waals surface area contributed by atoms with E-state index in [1.807, 2.05) is 30.3 Å². The van der Waals surface area contributed by atoms with Crippen molar-refractivity contribution >= 4 is 51.7 Å². The van der Waals surface area contributed by atoms with Crippen molar-refractivity contribution in [3.8, 4) is 11.1 Å². The average Bonchev–Trinajstić information content (AvgIpc) is 3.32. The van der Waals surface area contributed by atoms with Crippen molar-refractivity contribution in [2.45, 2.75) is 25.3 Å². The van der Waals surface area contributed by atoms with Crippen LogP contribution >= 0.6 is 23.2 Å². The fraction of sp³-hybridized carbons (Fsp3) is 0.143. The summed E-state index contributed by atoms with van der Waals surface area (Å²) in [5, 5.41) is 16.7. The number of carboxylic acids is 1. The highest BCUT2D eigenvalue weighted by molar-refractivity contribution is 6.32. The van der Waals surface area contributed by atoms with Crippen LogP contribution in [0, 0.1) is 0 Å². The molecule has 4 aromatic rings. The number of carbonyl (C=O) groups is 2. The second-order valence-corrected chi connectivity index (χ2v) is 9.52. The van der Waals surface area contributed by atoms with Gasteiger partial charge in [-0.25, -0.2) is 5.01 Å². The number of carbonyl (C=O) groups excluding carboxylic acids is 1. The van der Waals surface area contributed by atoms with E-state index in [9.17, 15) is 14.4 Å². The highest BCUT2D eigenvalue weighted by Crippen LogP contribution is 2.39. The van der Waals surface area contributed by atoms with E-state index in [0.29, 0.717) is 38.0 Å². The Kier molecular flexibility index (Phi) is 6.82. The van der Waals surface area contributed by atoms with Crippen molar-refractivity contribution < 1.29 is 14.7 Å². The number of nitrogens with one attached hydrogen (secondary N) is 1. The van der Waals surface area contributed by atoms with Gasteiger partial charge >= 0.3 is 5.97 Å². The summed E-state index contributed by atoms with van der Waals surface area (Å²) in [5.41, 5.74) is 3.09. The molecule has 1 unspecified atom stereocenters. The van der Waals surface area contributed by atoms with Crippen LogP contribution in [0.25, 0.3) is 22.0 Å². The fourth-order valence-corrected chi connectivity index (χ4v) is 5.09. The number of nitrogens with zero attached hydrogens (tertiary/aromatic N) is 2. The Bertz CT molecular complexity index is 1620. The molecule has 5 rings (SSSR count). The van der Waals surface area contributed by atoms with Gasteiger partial charge < -0.3 is 10.1 Å². The monoisotopic (exact) mass is 533 g/mol. The molecular weight excluding hydrogens is 513 g/mol. The molecule has 2 heterocycles. The molecule has 0 saturated carbocycles. The Balaban J connectivity index is 1.71. The lowest BCUT2D eigenvalue weighted by Gasteiger charge is -2.22. The maximum absolute atomic E-state index is 13.5. The molecule has 3 aromatic carbocycles. The van der Waals surface area contributed by atoms with Crippen molar-refractivity contribution in [1.29, 1.82) is 0 Å². The van der Waals surface area contributed by atoms with Crippen LogP contribution in [0.1, 0.15) is 36.4 Å². The quantitative estimate of drug-likeness (QED) is 0.315. The molecule has 0 radical (unpaired) electrons. The molecule has 37 heavy (non-hydrogen) atoms. The third-order valence-corrected chi connectivity index (χ3v) is 6.89. The van der Waals surface area contributed by atoms with Crippen LogP contribution in [0.2, 0.25) is 10.0 Å². The van der Waals surface area contributed by atoms with Crippen LogP contribution < -0.4 is 5.56 Å². The first-order chi connectivity index (χ1) is 17.8. The van der Waals surface area contributed by atoms with Gasteiger partial charge in [0.2, 0.25) is 5.91 Å². The third kappa shape index (κ3) is 4.88. The number of benzene rings is 3. The van der Waals surface area contributed by atoms with E-state index in [4.69, 9.17) is 28.3 Å². The SMILES string of the molecule is O=C(O)CCC(=O)N1N=C(c2c(-c3ccccc3)c3cc(Cl)ccc3[nH]c2=O)CC1c1ccccc1Cl. The number of fused-ring (bicyclic) bond motifs is 1. The summed E-state index contributed by atoms with van der Waals surface area (Å²) >= 11 is 12.8. The highest BCUT2D eigenvalue weighted by Gasteiger charge is 2.36. The van der Waals surface area contributed by atoms with Crippen LogP contribution in [0.5, 0.6) is 0 Å². The van der Waals surface area contributed by atoms with Crippen molar-refractivity contribution in [2.75, 3.05) is 0 Å². The molecule has 1 aliphatic rings. The van der Waals surface area contributed by atoms with Gasteiger partial charge in [-0.3, -0.25) is 14.4 Å². The van der Waals surface area contributed by atoms with Gasteiger partial charge in [0.15, 0.2) is 0 Å². The molecule has 9 heteroatoms. The molecule has 1 aliphatic heterocycles. The minimum Gasteiger partial charge on any atom is -0.481 e. The molecule has 0 aliphatic carbocycles. The van der Waals surface area contributed by atoms with Crippen molar-refractivity contribution in [3.05, 3.63) is 104 Å². The van der Waals surface area contributed by atoms with E-state index in [2.05, 4.69) is 10.1 Å². The molecule has 0 bridgehead atoms. The van der Waals surface area contributed by atoms with E-state index in [1.54, 1.807) is 42.5 Å². The lowest BCUT2D eigenvalue weighted by atomic mass is 9.91. The lowest BCUT2D eigenvalue weighted by molar-refractivity contribution is -0.141. The molecule has 0 spiro atoms. The predicted octanol–water partition coefficient (Wildman–Crippen LogP) is 6.04. The first-order valence-corrected chi connectivity index (χ1v) is 12.4. The van der Waals surface area contributed by atoms with Gasteiger partial charge in [0.25, 0.3) is 5.56 Å². The summed E-state index contributed by atoms with van der Waals surface area (Å²) in [6, 6.07) is 21.2. The van der Waals surface area contributed by atoms with Gasteiger partial charge in [-0.2, -0.15) is 5.10 Å². The van der Waals surface area contributed by atoms with Crippen LogP contribution in [0.15, 0.2) is 82.7 Å². The van der Waals surface area contributed by atoms with Crippen molar-refractivity contribution in [2.24, 2.45) is 5.10 Å². The maximum Gasteiger partial charge on any atom is 0.303 e. The summed E-state index contributed by atoms with van der Waals surface area (Å²) in [6.45, 7) is 0. The maximum atomic E-state index is 13.5. The smallest absolute Gasteiger partial charge is 0.303 e. The molecular formula is C28H21Cl2N3O4. The number of aliphatic carboxylic acids is 1. The number of aromatic nitrogens is 1. The Hall–Kier alpha value is -3.94. The number of hydrazone groups is 1. The largest absolute Gasteiger partial charge is 0.481 e. The fourth-order valence-electron chi connectivity index (χ4n) is 4.65. The number of amides is 1. The van der Waals surface area contributed by atoms with Gasteiger partial charge in [0.05, 0.1) is 23.7 Å². The summed E-state index contributed by atoms with van der Waals surface area (Å²) in [4.78, 5) is 40.7. The van der Waals surface area contributed by atoms with Crippen molar-refractivity contribution in [1.82, 2.24) is 9.99 Å². The van der Waals surface area contributed by atoms with E-state index in [0.717, 1.165) is 10.9 Å². The Morgan fingerprint density at radius 1 is 0.973 bits per heavy atom. The van der Waals surface area contributed by atoms with Gasteiger partial charge in [-0.05, 0) is 35.4 Å². The van der Waals surface area contributed by atoms with Crippen LogP contribution in [-0.2, 0) is 9.59 Å². The first kappa shape index (κ1) is 24.7. The number of hydrogen-bond donors (Lipinski definition) is 2. The predicted molar refractivity (Wildman–Crippen MR) is 144 cm³/mol. The number of halogens is 2. The number of rotatable bonds is 6. The van der Waals surface area contributed by atoms with E-state index in [-0.39, 0.29) is 24.8 Å². The zero-order valence-electron chi connectivity index (χ0n) is 19.4. The summed E-state index contributed by atoms with van der Waals surface area (Å²) in [5.74, 6) is -1.55. The Morgan fingerprint density at radius 2 is 1.70 bits per heavy atom. The second kappa shape index (κ2) is 10.2. The van der Waals surface area contributed by atoms with E-state index >= 15 is 0 Å². The van der Waals surface area contributed by atoms with Crippen LogP contribution in [0.3, 0.4) is 0 Å². The zero-order chi connectivity index (χ0) is 26.1. The van der Waals surface area contributed by atoms with E-state index < -0.39 is 17.9 Å². The lowest BCUT2D eigenvalue weighted by Crippen LogP contribution is -2.27. The Morgan fingerprint density at radius 3 is 2.43 bits per heavy atom. The minimum atomic E-state index is -1.08. The molecule has 0 saturated heterocycles. The third-order valence-electron chi connectivity index (χ3n) is 6.31. The molecule has 1 aromatic heterocycles. The topological polar surface area (TPSA) is 103 Å². The number of H-pyrrole nitrogens is 1. The molecule has 2 N–H and O–H groups in total. The van der Waals surface area contributed by atoms with E-state index in [1.165, 1.54) is 5.01 Å². The zero-order valence-corrected chi connectivity index (χ0v) is 21.0. The molecule has 1 amide bonds. The minimum absolute atomic E-state index is 0.220. The molecule has 186 valence electrons. The number of hydrogen-bond acceptors (Lipinski definition) is 4. The normalized spacial score (nSPS) is 15.1.